The summed E-state index contributed by atoms with van der Waals surface area (Å²) in [7, 11) is 3.09. The molecule has 0 unspecified atom stereocenters. The van der Waals surface area contributed by atoms with Crippen molar-refractivity contribution in [1.82, 2.24) is 10.2 Å². The predicted octanol–water partition coefficient (Wildman–Crippen LogP) is 2.82. The first-order chi connectivity index (χ1) is 14.6. The molecule has 1 saturated carbocycles. The fraction of sp³-hybridized carbons (Fsp3) is 0.652. The van der Waals surface area contributed by atoms with E-state index in [1.165, 1.54) is 26.4 Å². The van der Waals surface area contributed by atoms with Gasteiger partial charge < -0.3 is 19.5 Å². The van der Waals surface area contributed by atoms with E-state index < -0.39 is 0 Å². The van der Waals surface area contributed by atoms with E-state index in [1.54, 1.807) is 25.3 Å². The molecule has 2 aliphatic rings. The first-order valence-electron chi connectivity index (χ1n) is 10.9. The largest absolute Gasteiger partial charge is 0.493 e. The summed E-state index contributed by atoms with van der Waals surface area (Å²) in [4.78, 5) is 27.6. The summed E-state index contributed by atoms with van der Waals surface area (Å²) in [6.07, 6.45) is 6.24. The van der Waals surface area contributed by atoms with Gasteiger partial charge in [0.25, 0.3) is 0 Å². The van der Waals surface area contributed by atoms with Crippen molar-refractivity contribution in [3.63, 3.8) is 0 Å². The summed E-state index contributed by atoms with van der Waals surface area (Å²) < 4.78 is 16.0. The van der Waals surface area contributed by atoms with E-state index in [0.29, 0.717) is 23.6 Å². The molecule has 0 radical (unpaired) electrons. The molecule has 1 N–H and O–H groups in total. The van der Waals surface area contributed by atoms with Gasteiger partial charge in [-0.3, -0.25) is 14.5 Å². The highest BCUT2D eigenvalue weighted by molar-refractivity contribution is 5.98. The number of amides is 1. The number of carbonyl (C=O) groups excluding carboxylic acids is 2. The minimum atomic E-state index is -0.0772. The van der Waals surface area contributed by atoms with Crippen LogP contribution in [0, 0.1) is 0 Å². The highest BCUT2D eigenvalue weighted by Crippen LogP contribution is 2.34. The molecule has 1 aliphatic carbocycles. The van der Waals surface area contributed by atoms with Gasteiger partial charge >= 0.3 is 0 Å². The fourth-order valence-electron chi connectivity index (χ4n) is 4.58. The second-order valence-corrected chi connectivity index (χ2v) is 8.15. The Kier molecular flexibility index (Phi) is 8.10. The molecule has 7 heteroatoms. The fourth-order valence-corrected chi connectivity index (χ4v) is 4.58. The third kappa shape index (κ3) is 5.52. The maximum atomic E-state index is 12.5. The normalized spacial score (nSPS) is 19.1. The van der Waals surface area contributed by atoms with E-state index in [4.69, 9.17) is 14.2 Å². The van der Waals surface area contributed by atoms with Gasteiger partial charge in [-0.2, -0.15) is 0 Å². The average molecular weight is 419 g/mol. The molecule has 30 heavy (non-hydrogen) atoms. The van der Waals surface area contributed by atoms with Crippen molar-refractivity contribution in [2.24, 2.45) is 0 Å². The molecule has 0 aromatic heterocycles. The van der Waals surface area contributed by atoms with Crippen molar-refractivity contribution < 1.29 is 23.8 Å². The Hall–Kier alpha value is -2.12. The van der Waals surface area contributed by atoms with Gasteiger partial charge in [-0.1, -0.05) is 19.3 Å². The molecule has 7 nitrogen and oxygen atoms in total. The SMILES string of the molecule is COc1ccc(C(=O)CCC(=O)NCC2(N3CCOCC3)CCCCC2)cc1OC. The standard InChI is InChI=1S/C23H34N2O5/c1-28-20-8-6-18(16-21(20)29-2)19(26)7-9-22(27)24-17-23(10-4-3-5-11-23)25-12-14-30-15-13-25/h6,8,16H,3-5,7,9-15,17H2,1-2H3,(H,24,27). The Bertz CT molecular complexity index is 724. The third-order valence-corrected chi connectivity index (χ3v) is 6.37. The van der Waals surface area contributed by atoms with Crippen LogP contribution >= 0.6 is 0 Å². The van der Waals surface area contributed by atoms with Gasteiger partial charge in [-0.05, 0) is 31.0 Å². The Morgan fingerprint density at radius 2 is 1.73 bits per heavy atom. The lowest BCUT2D eigenvalue weighted by atomic mass is 9.79. The second kappa shape index (κ2) is 10.8. The maximum absolute atomic E-state index is 12.5. The van der Waals surface area contributed by atoms with E-state index in [0.717, 1.165) is 39.1 Å². The average Bonchev–Trinajstić information content (AvgIpc) is 2.81. The van der Waals surface area contributed by atoms with Gasteiger partial charge in [0.15, 0.2) is 17.3 Å². The van der Waals surface area contributed by atoms with Crippen LogP contribution in [-0.2, 0) is 9.53 Å². The van der Waals surface area contributed by atoms with Crippen molar-refractivity contribution in [3.05, 3.63) is 23.8 Å². The van der Waals surface area contributed by atoms with Crippen molar-refractivity contribution in [2.75, 3.05) is 47.1 Å². The van der Waals surface area contributed by atoms with Crippen molar-refractivity contribution >= 4 is 11.7 Å². The van der Waals surface area contributed by atoms with Gasteiger partial charge in [0.1, 0.15) is 0 Å². The minimum Gasteiger partial charge on any atom is -0.493 e. The molecule has 0 atom stereocenters. The van der Waals surface area contributed by atoms with Crippen LogP contribution in [0.3, 0.4) is 0 Å². The Morgan fingerprint density at radius 3 is 2.40 bits per heavy atom. The minimum absolute atomic E-state index is 0.0328. The number of methoxy groups -OCH3 is 2. The van der Waals surface area contributed by atoms with Crippen LogP contribution in [0.1, 0.15) is 55.3 Å². The number of rotatable bonds is 9. The van der Waals surface area contributed by atoms with Gasteiger partial charge in [0.05, 0.1) is 27.4 Å². The van der Waals surface area contributed by atoms with Gasteiger partial charge in [0.2, 0.25) is 5.91 Å². The molecule has 1 aromatic rings. The summed E-state index contributed by atoms with van der Waals surface area (Å²) in [5.74, 6) is 0.943. The van der Waals surface area contributed by atoms with E-state index in [-0.39, 0.29) is 30.1 Å². The molecule has 0 spiro atoms. The third-order valence-electron chi connectivity index (χ3n) is 6.37. The Labute approximate surface area is 179 Å². The molecule has 1 amide bonds. The van der Waals surface area contributed by atoms with Crippen LogP contribution in [0.2, 0.25) is 0 Å². The van der Waals surface area contributed by atoms with E-state index in [1.807, 2.05) is 0 Å². The predicted molar refractivity (Wildman–Crippen MR) is 114 cm³/mol. The summed E-state index contributed by atoms with van der Waals surface area (Å²) in [6.45, 7) is 4.02. The molecule has 1 aliphatic heterocycles. The molecular formula is C23H34N2O5. The van der Waals surface area contributed by atoms with E-state index in [9.17, 15) is 9.59 Å². The second-order valence-electron chi connectivity index (χ2n) is 8.15. The highest BCUT2D eigenvalue weighted by Gasteiger charge is 2.38. The molecule has 1 heterocycles. The molecule has 166 valence electrons. The molecule has 3 rings (SSSR count). The Morgan fingerprint density at radius 1 is 1.03 bits per heavy atom. The molecule has 1 aromatic carbocycles. The van der Waals surface area contributed by atoms with E-state index >= 15 is 0 Å². The topological polar surface area (TPSA) is 77.1 Å². The first kappa shape index (κ1) is 22.6. The van der Waals surface area contributed by atoms with Crippen LogP contribution in [0.15, 0.2) is 18.2 Å². The summed E-state index contributed by atoms with van der Waals surface area (Å²) in [5, 5.41) is 3.12. The summed E-state index contributed by atoms with van der Waals surface area (Å²) >= 11 is 0. The number of ketones is 1. The number of Topliss-reactive ketones (excluding diaryl/α,β-unsaturated/α-hetero) is 1. The zero-order valence-electron chi connectivity index (χ0n) is 18.2. The number of carbonyl (C=O) groups is 2. The van der Waals surface area contributed by atoms with Crippen LogP contribution in [0.5, 0.6) is 11.5 Å². The van der Waals surface area contributed by atoms with Crippen LogP contribution in [0.25, 0.3) is 0 Å². The lowest BCUT2D eigenvalue weighted by molar-refractivity contribution is -0.122. The van der Waals surface area contributed by atoms with E-state index in [2.05, 4.69) is 10.2 Å². The molecular weight excluding hydrogens is 384 g/mol. The molecule has 0 bridgehead atoms. The lowest BCUT2D eigenvalue weighted by Gasteiger charge is -2.48. The summed E-state index contributed by atoms with van der Waals surface area (Å²) in [6, 6.07) is 5.08. The van der Waals surface area contributed by atoms with Gasteiger partial charge in [-0.15, -0.1) is 0 Å². The number of nitrogens with one attached hydrogen (secondary N) is 1. The molecule has 2 fully saturated rings. The van der Waals surface area contributed by atoms with Gasteiger partial charge in [-0.25, -0.2) is 0 Å². The van der Waals surface area contributed by atoms with Gasteiger partial charge in [0, 0.05) is 43.6 Å². The molecule has 1 saturated heterocycles. The number of nitrogens with zero attached hydrogens (tertiary/aromatic N) is 1. The first-order valence-corrected chi connectivity index (χ1v) is 10.9. The van der Waals surface area contributed by atoms with Crippen LogP contribution in [0.4, 0.5) is 0 Å². The number of ether oxygens (including phenoxy) is 3. The number of hydrogen-bond donors (Lipinski definition) is 1. The van der Waals surface area contributed by atoms with Crippen LogP contribution in [-0.4, -0.2) is 69.2 Å². The maximum Gasteiger partial charge on any atom is 0.220 e. The lowest BCUT2D eigenvalue weighted by Crippen LogP contribution is -2.59. The van der Waals surface area contributed by atoms with Crippen molar-refractivity contribution in [3.8, 4) is 11.5 Å². The quantitative estimate of drug-likeness (QED) is 0.622. The van der Waals surface area contributed by atoms with Crippen LogP contribution < -0.4 is 14.8 Å². The zero-order chi connectivity index (χ0) is 21.4. The number of morpholine rings is 1. The highest BCUT2D eigenvalue weighted by atomic mass is 16.5. The Balaban J connectivity index is 1.52. The number of hydrogen-bond acceptors (Lipinski definition) is 6. The van der Waals surface area contributed by atoms with Crippen molar-refractivity contribution in [1.29, 1.82) is 0 Å². The summed E-state index contributed by atoms with van der Waals surface area (Å²) in [5.41, 5.74) is 0.558. The zero-order valence-corrected chi connectivity index (χ0v) is 18.2. The monoisotopic (exact) mass is 418 g/mol. The van der Waals surface area contributed by atoms with Crippen molar-refractivity contribution in [2.45, 2.75) is 50.5 Å². The smallest absolute Gasteiger partial charge is 0.220 e. The number of benzene rings is 1.